The lowest BCUT2D eigenvalue weighted by atomic mass is 9.93. The lowest BCUT2D eigenvalue weighted by molar-refractivity contribution is 1.13. The Morgan fingerprint density at radius 3 is 1.91 bits per heavy atom. The number of aliphatic imine (C=N–C) groups is 1. The number of benzene rings is 5. The van der Waals surface area contributed by atoms with E-state index in [4.69, 9.17) is 4.99 Å². The third-order valence-electron chi connectivity index (χ3n) is 8.22. The summed E-state index contributed by atoms with van der Waals surface area (Å²) >= 11 is 0. The van der Waals surface area contributed by atoms with Crippen molar-refractivity contribution in [3.05, 3.63) is 193 Å². The molecule has 0 aliphatic carbocycles. The van der Waals surface area contributed by atoms with Crippen molar-refractivity contribution in [3.63, 3.8) is 0 Å². The van der Waals surface area contributed by atoms with E-state index in [-0.39, 0.29) is 0 Å². The van der Waals surface area contributed by atoms with Gasteiger partial charge in [-0.1, -0.05) is 90.7 Å². The number of aromatic nitrogens is 3. The molecular formula is C42H28N4. The Labute approximate surface area is 267 Å². The molecule has 3 heterocycles. The maximum Gasteiger partial charge on any atom is 0.115 e. The average molecular weight is 589 g/mol. The Morgan fingerprint density at radius 2 is 1.17 bits per heavy atom. The maximum absolute atomic E-state index is 5.23. The molecule has 0 atom stereocenters. The highest BCUT2D eigenvalue weighted by Crippen LogP contribution is 2.33. The summed E-state index contributed by atoms with van der Waals surface area (Å²) < 4.78 is 2.23. The highest BCUT2D eigenvalue weighted by molar-refractivity contribution is 6.16. The summed E-state index contributed by atoms with van der Waals surface area (Å²) in [6.07, 6.45) is 11.6. The first-order valence-electron chi connectivity index (χ1n) is 15.2. The molecule has 4 nitrogen and oxygen atoms in total. The van der Waals surface area contributed by atoms with Gasteiger partial charge in [0.25, 0.3) is 0 Å². The van der Waals surface area contributed by atoms with Crippen LogP contribution < -0.4 is 0 Å². The van der Waals surface area contributed by atoms with Crippen LogP contribution in [0.5, 0.6) is 0 Å². The SMILES string of the molecule is C1=CC(c2ccccc2)=CC(c2cc(-c3cncnc3)cc(-c3ccc4c(ccn4-c4ccccc4)c3)c2)=NC=1c1ccccc1. The molecule has 1 aliphatic rings. The Morgan fingerprint density at radius 1 is 0.522 bits per heavy atom. The molecule has 0 N–H and O–H groups in total. The molecule has 1 aliphatic heterocycles. The summed E-state index contributed by atoms with van der Waals surface area (Å²) in [5.41, 5.74) is 15.8. The van der Waals surface area contributed by atoms with Crippen LogP contribution in [0, 0.1) is 0 Å². The van der Waals surface area contributed by atoms with Crippen molar-refractivity contribution in [2.24, 2.45) is 4.99 Å². The van der Waals surface area contributed by atoms with E-state index >= 15 is 0 Å². The van der Waals surface area contributed by atoms with Crippen molar-refractivity contribution in [2.75, 3.05) is 0 Å². The highest BCUT2D eigenvalue weighted by Gasteiger charge is 2.14. The van der Waals surface area contributed by atoms with Gasteiger partial charge < -0.3 is 4.57 Å². The first kappa shape index (κ1) is 27.2. The van der Waals surface area contributed by atoms with Gasteiger partial charge in [0.2, 0.25) is 0 Å². The summed E-state index contributed by atoms with van der Waals surface area (Å²) in [4.78, 5) is 13.9. The third-order valence-corrected chi connectivity index (χ3v) is 8.22. The number of hydrogen-bond donors (Lipinski definition) is 0. The number of allylic oxidation sites excluding steroid dienone is 3. The van der Waals surface area contributed by atoms with Gasteiger partial charge in [0.15, 0.2) is 0 Å². The molecule has 2 aromatic heterocycles. The van der Waals surface area contributed by atoms with Crippen molar-refractivity contribution < 1.29 is 0 Å². The predicted molar refractivity (Wildman–Crippen MR) is 189 cm³/mol. The second-order valence-corrected chi connectivity index (χ2v) is 11.2. The summed E-state index contributed by atoms with van der Waals surface area (Å²) in [5, 5.41) is 1.17. The van der Waals surface area contributed by atoms with Gasteiger partial charge in [0.05, 0.1) is 11.2 Å². The van der Waals surface area contributed by atoms with E-state index in [9.17, 15) is 0 Å². The molecule has 5 aromatic carbocycles. The maximum atomic E-state index is 5.23. The van der Waals surface area contributed by atoms with E-state index in [1.807, 2.05) is 48.8 Å². The lowest BCUT2D eigenvalue weighted by Crippen LogP contribution is -2.00. The third kappa shape index (κ3) is 5.41. The smallest absolute Gasteiger partial charge is 0.115 e. The summed E-state index contributed by atoms with van der Waals surface area (Å²) in [5.74, 6) is 0. The molecular weight excluding hydrogens is 560 g/mol. The van der Waals surface area contributed by atoms with E-state index < -0.39 is 0 Å². The van der Waals surface area contributed by atoms with Gasteiger partial charge in [-0.05, 0) is 88.5 Å². The van der Waals surface area contributed by atoms with E-state index in [1.54, 1.807) is 6.33 Å². The van der Waals surface area contributed by atoms with E-state index in [0.29, 0.717) is 0 Å². The average Bonchev–Trinajstić information content (AvgIpc) is 3.43. The minimum atomic E-state index is 0.788. The lowest BCUT2D eigenvalue weighted by Gasteiger charge is -2.12. The fraction of sp³-hybridized carbons (Fsp3) is 0. The molecule has 4 heteroatoms. The molecule has 7 aromatic rings. The summed E-state index contributed by atoms with van der Waals surface area (Å²) in [7, 11) is 0. The van der Waals surface area contributed by atoms with Gasteiger partial charge in [-0.15, -0.1) is 0 Å². The Bertz CT molecular complexity index is 2310. The Kier molecular flexibility index (Phi) is 7.08. The quantitative estimate of drug-likeness (QED) is 0.182. The molecule has 0 unspecified atom stereocenters. The number of hydrogen-bond acceptors (Lipinski definition) is 3. The van der Waals surface area contributed by atoms with Crippen LogP contribution in [0.15, 0.2) is 181 Å². The summed E-state index contributed by atoms with van der Waals surface area (Å²) in [6.45, 7) is 0. The number of para-hydroxylation sites is 1. The first-order chi connectivity index (χ1) is 22.8. The van der Waals surface area contributed by atoms with Crippen LogP contribution in [0.2, 0.25) is 0 Å². The molecule has 0 saturated carbocycles. The Balaban J connectivity index is 1.30. The van der Waals surface area contributed by atoms with Gasteiger partial charge in [-0.3, -0.25) is 0 Å². The molecule has 8 rings (SSSR count). The van der Waals surface area contributed by atoms with Crippen molar-refractivity contribution in [1.29, 1.82) is 0 Å². The Hall–Kier alpha value is -6.35. The monoisotopic (exact) mass is 588 g/mol. The second-order valence-electron chi connectivity index (χ2n) is 11.2. The number of rotatable bonds is 6. The van der Waals surface area contributed by atoms with Crippen LogP contribution in [-0.2, 0) is 0 Å². The van der Waals surface area contributed by atoms with Crippen LogP contribution in [-0.4, -0.2) is 20.2 Å². The zero-order valence-corrected chi connectivity index (χ0v) is 25.0. The molecule has 0 amide bonds. The molecule has 0 fully saturated rings. The fourth-order valence-electron chi connectivity index (χ4n) is 5.90. The molecule has 46 heavy (non-hydrogen) atoms. The van der Waals surface area contributed by atoms with Crippen molar-refractivity contribution in [3.8, 4) is 27.9 Å². The van der Waals surface area contributed by atoms with Gasteiger partial charge in [-0.25, -0.2) is 15.0 Å². The summed E-state index contributed by atoms with van der Waals surface area (Å²) in [6, 6.07) is 46.5. The van der Waals surface area contributed by atoms with E-state index in [2.05, 4.69) is 136 Å². The van der Waals surface area contributed by atoms with E-state index in [1.165, 1.54) is 5.39 Å². The first-order valence-corrected chi connectivity index (χ1v) is 15.2. The molecule has 216 valence electrons. The normalized spacial score (nSPS) is 12.7. The molecule has 0 bridgehead atoms. The van der Waals surface area contributed by atoms with Crippen molar-refractivity contribution in [1.82, 2.24) is 14.5 Å². The minimum absolute atomic E-state index is 0.788. The van der Waals surface area contributed by atoms with Crippen LogP contribution in [0.1, 0.15) is 16.7 Å². The molecule has 0 saturated heterocycles. The predicted octanol–water partition coefficient (Wildman–Crippen LogP) is 9.84. The standard InChI is InChI=1S/C42H28N4/c1-4-10-30(11-5-1)33-16-18-40(31-12-6-2-7-13-31)45-41(26-33)37-24-35(23-36(25-37)38-27-43-29-44-28-38)32-17-19-42-34(22-32)20-21-46(42)39-14-8-3-9-15-39/h1-17,19-29H. The van der Waals surface area contributed by atoms with Gasteiger partial charge in [-0.2, -0.15) is 0 Å². The van der Waals surface area contributed by atoms with Crippen LogP contribution in [0.3, 0.4) is 0 Å². The fourth-order valence-corrected chi connectivity index (χ4v) is 5.90. The van der Waals surface area contributed by atoms with Gasteiger partial charge in [0.1, 0.15) is 12.0 Å². The van der Waals surface area contributed by atoms with Crippen LogP contribution in [0.4, 0.5) is 0 Å². The zero-order chi connectivity index (χ0) is 30.7. The number of nitrogens with zero attached hydrogens (tertiary/aromatic N) is 4. The van der Waals surface area contributed by atoms with Gasteiger partial charge in [0, 0.05) is 46.4 Å². The zero-order valence-electron chi connectivity index (χ0n) is 25.0. The number of fused-ring (bicyclic) bond motifs is 1. The van der Waals surface area contributed by atoms with Gasteiger partial charge >= 0.3 is 0 Å². The highest BCUT2D eigenvalue weighted by atomic mass is 15.0. The van der Waals surface area contributed by atoms with Crippen molar-refractivity contribution >= 4 is 27.9 Å². The topological polar surface area (TPSA) is 43.1 Å². The van der Waals surface area contributed by atoms with E-state index in [0.717, 1.165) is 67.1 Å². The minimum Gasteiger partial charge on any atom is -0.317 e. The van der Waals surface area contributed by atoms with Crippen molar-refractivity contribution in [2.45, 2.75) is 0 Å². The molecule has 0 radical (unpaired) electrons. The largest absolute Gasteiger partial charge is 0.317 e. The van der Waals surface area contributed by atoms with Crippen LogP contribution >= 0.6 is 0 Å². The second kappa shape index (κ2) is 12.0. The molecule has 0 spiro atoms. The van der Waals surface area contributed by atoms with Crippen LogP contribution in [0.25, 0.3) is 50.1 Å².